The van der Waals surface area contributed by atoms with E-state index in [4.69, 9.17) is 4.74 Å². The molecule has 1 fully saturated rings. The molecule has 0 aromatic rings. The fraction of sp³-hybridized carbons (Fsp3) is 1.00. The first-order valence-corrected chi connectivity index (χ1v) is 5.90. The standard InChI is InChI=1S/C7H15NOS2/c1-6(11-10)8-7-2-4-9-5-3-7/h6-8,10H,2-5H2,1H3. The maximum atomic E-state index is 5.25. The molecule has 0 aromatic heterocycles. The van der Waals surface area contributed by atoms with Crippen LogP contribution in [0.2, 0.25) is 0 Å². The van der Waals surface area contributed by atoms with Gasteiger partial charge in [0.2, 0.25) is 0 Å². The third-order valence-corrected chi connectivity index (χ3v) is 3.25. The molecule has 11 heavy (non-hydrogen) atoms. The first kappa shape index (κ1) is 9.71. The monoisotopic (exact) mass is 193 g/mol. The molecule has 0 aliphatic carbocycles. The lowest BCUT2D eigenvalue weighted by molar-refractivity contribution is 0.0778. The van der Waals surface area contributed by atoms with Crippen molar-refractivity contribution in [3.05, 3.63) is 0 Å². The second-order valence-electron chi connectivity index (χ2n) is 2.80. The Morgan fingerprint density at radius 2 is 2.18 bits per heavy atom. The van der Waals surface area contributed by atoms with Crippen LogP contribution in [-0.4, -0.2) is 24.6 Å². The van der Waals surface area contributed by atoms with Crippen LogP contribution in [0.3, 0.4) is 0 Å². The van der Waals surface area contributed by atoms with Crippen LogP contribution in [0.1, 0.15) is 19.8 Å². The molecule has 2 nitrogen and oxygen atoms in total. The first-order chi connectivity index (χ1) is 5.33. The number of nitrogens with one attached hydrogen (secondary N) is 1. The molecular formula is C7H15NOS2. The summed E-state index contributed by atoms with van der Waals surface area (Å²) in [5.41, 5.74) is 0. The van der Waals surface area contributed by atoms with E-state index in [0.717, 1.165) is 26.1 Å². The smallest absolute Gasteiger partial charge is 0.0607 e. The molecule has 1 aliphatic heterocycles. The van der Waals surface area contributed by atoms with Crippen LogP contribution in [0.15, 0.2) is 0 Å². The third-order valence-electron chi connectivity index (χ3n) is 1.85. The Morgan fingerprint density at radius 1 is 1.55 bits per heavy atom. The van der Waals surface area contributed by atoms with Gasteiger partial charge in [-0.05, 0) is 19.8 Å². The summed E-state index contributed by atoms with van der Waals surface area (Å²) in [7, 11) is 1.56. The zero-order valence-electron chi connectivity index (χ0n) is 6.75. The number of hydrogen-bond donors (Lipinski definition) is 2. The molecule has 1 atom stereocenters. The predicted molar refractivity (Wildman–Crippen MR) is 53.0 cm³/mol. The quantitative estimate of drug-likeness (QED) is 0.404. The topological polar surface area (TPSA) is 21.3 Å². The molecular weight excluding hydrogens is 178 g/mol. The van der Waals surface area contributed by atoms with Crippen molar-refractivity contribution >= 4 is 22.5 Å². The first-order valence-electron chi connectivity index (χ1n) is 3.97. The fourth-order valence-electron chi connectivity index (χ4n) is 1.23. The van der Waals surface area contributed by atoms with Gasteiger partial charge in [-0.2, -0.15) is 0 Å². The van der Waals surface area contributed by atoms with E-state index in [1.807, 2.05) is 0 Å². The van der Waals surface area contributed by atoms with Crippen molar-refractivity contribution in [1.29, 1.82) is 0 Å². The molecule has 1 unspecified atom stereocenters. The van der Waals surface area contributed by atoms with Crippen molar-refractivity contribution < 1.29 is 4.74 Å². The Hall–Kier alpha value is 0.620. The molecule has 1 aliphatic rings. The lowest BCUT2D eigenvalue weighted by atomic mass is 10.1. The van der Waals surface area contributed by atoms with Crippen molar-refractivity contribution in [2.75, 3.05) is 13.2 Å². The summed E-state index contributed by atoms with van der Waals surface area (Å²) in [5, 5.41) is 3.92. The van der Waals surface area contributed by atoms with Crippen LogP contribution in [0, 0.1) is 0 Å². The Morgan fingerprint density at radius 3 is 2.73 bits per heavy atom. The molecule has 0 aromatic carbocycles. The zero-order valence-corrected chi connectivity index (χ0v) is 8.46. The summed E-state index contributed by atoms with van der Waals surface area (Å²) >= 11 is 4.14. The van der Waals surface area contributed by atoms with Gasteiger partial charge in [-0.15, -0.1) is 11.7 Å². The van der Waals surface area contributed by atoms with Crippen molar-refractivity contribution in [2.45, 2.75) is 31.2 Å². The molecule has 1 saturated heterocycles. The molecule has 1 rings (SSSR count). The summed E-state index contributed by atoms with van der Waals surface area (Å²) in [6.45, 7) is 3.94. The van der Waals surface area contributed by atoms with Crippen LogP contribution in [-0.2, 0) is 4.74 Å². The van der Waals surface area contributed by atoms with Crippen LogP contribution in [0.5, 0.6) is 0 Å². The summed E-state index contributed by atoms with van der Waals surface area (Å²) in [5.74, 6) is 0. The summed E-state index contributed by atoms with van der Waals surface area (Å²) in [4.78, 5) is 0. The lowest BCUT2D eigenvalue weighted by Gasteiger charge is -2.25. The molecule has 4 heteroatoms. The van der Waals surface area contributed by atoms with Gasteiger partial charge in [-0.25, -0.2) is 0 Å². The molecule has 0 amide bonds. The Bertz CT molecular complexity index is 107. The minimum atomic E-state index is 0.446. The number of hydrogen-bond acceptors (Lipinski definition) is 4. The van der Waals surface area contributed by atoms with Crippen molar-refractivity contribution in [3.8, 4) is 0 Å². The molecule has 1 heterocycles. The highest BCUT2D eigenvalue weighted by molar-refractivity contribution is 8.68. The Balaban J connectivity index is 2.13. The van der Waals surface area contributed by atoms with Crippen LogP contribution in [0.4, 0.5) is 0 Å². The van der Waals surface area contributed by atoms with Gasteiger partial charge in [-0.3, -0.25) is 0 Å². The van der Waals surface area contributed by atoms with Crippen LogP contribution >= 0.6 is 22.5 Å². The summed E-state index contributed by atoms with van der Waals surface area (Å²) in [6.07, 6.45) is 2.28. The van der Waals surface area contributed by atoms with Gasteiger partial charge >= 0.3 is 0 Å². The van der Waals surface area contributed by atoms with Gasteiger partial charge in [0.15, 0.2) is 0 Å². The van der Waals surface area contributed by atoms with E-state index in [9.17, 15) is 0 Å². The van der Waals surface area contributed by atoms with E-state index in [1.165, 1.54) is 0 Å². The minimum absolute atomic E-state index is 0.446. The number of rotatable bonds is 3. The molecule has 0 radical (unpaired) electrons. The van der Waals surface area contributed by atoms with Crippen LogP contribution in [0.25, 0.3) is 0 Å². The van der Waals surface area contributed by atoms with Gasteiger partial charge in [0, 0.05) is 19.3 Å². The van der Waals surface area contributed by atoms with Gasteiger partial charge in [0.1, 0.15) is 0 Å². The van der Waals surface area contributed by atoms with E-state index >= 15 is 0 Å². The normalized spacial score (nSPS) is 23.5. The van der Waals surface area contributed by atoms with E-state index in [-0.39, 0.29) is 0 Å². The zero-order chi connectivity index (χ0) is 8.10. The highest BCUT2D eigenvalue weighted by Gasteiger charge is 2.14. The second kappa shape index (κ2) is 5.30. The highest BCUT2D eigenvalue weighted by Crippen LogP contribution is 2.15. The largest absolute Gasteiger partial charge is 0.381 e. The highest BCUT2D eigenvalue weighted by atomic mass is 33.1. The Labute approximate surface area is 77.3 Å². The van der Waals surface area contributed by atoms with Crippen molar-refractivity contribution in [1.82, 2.24) is 5.32 Å². The minimum Gasteiger partial charge on any atom is -0.381 e. The molecule has 1 N–H and O–H groups in total. The van der Waals surface area contributed by atoms with Gasteiger partial charge in [-0.1, -0.05) is 10.8 Å². The molecule has 0 spiro atoms. The molecule has 66 valence electrons. The number of thiol groups is 1. The SMILES string of the molecule is CC(NC1CCOCC1)SS. The summed E-state index contributed by atoms with van der Waals surface area (Å²) in [6, 6.07) is 0.637. The van der Waals surface area contributed by atoms with Crippen LogP contribution < -0.4 is 5.32 Å². The van der Waals surface area contributed by atoms with E-state index < -0.39 is 0 Å². The van der Waals surface area contributed by atoms with Gasteiger partial charge in [0.05, 0.1) is 5.37 Å². The average Bonchev–Trinajstić information content (AvgIpc) is 2.06. The van der Waals surface area contributed by atoms with Gasteiger partial charge < -0.3 is 10.1 Å². The lowest BCUT2D eigenvalue weighted by Crippen LogP contribution is -2.38. The van der Waals surface area contributed by atoms with Crippen molar-refractivity contribution in [2.24, 2.45) is 0 Å². The predicted octanol–water partition coefficient (Wildman–Crippen LogP) is 1.68. The fourth-order valence-corrected chi connectivity index (χ4v) is 1.66. The number of ether oxygens (including phenoxy) is 1. The second-order valence-corrected chi connectivity index (χ2v) is 4.35. The average molecular weight is 193 g/mol. The Kier molecular flexibility index (Phi) is 4.67. The van der Waals surface area contributed by atoms with E-state index in [2.05, 4.69) is 23.9 Å². The maximum Gasteiger partial charge on any atom is 0.0607 e. The molecule has 0 bridgehead atoms. The summed E-state index contributed by atoms with van der Waals surface area (Å²) < 4.78 is 5.25. The maximum absolute atomic E-state index is 5.25. The van der Waals surface area contributed by atoms with E-state index in [0.29, 0.717) is 11.4 Å². The molecule has 0 saturated carbocycles. The third kappa shape index (κ3) is 3.69. The van der Waals surface area contributed by atoms with Gasteiger partial charge in [0.25, 0.3) is 0 Å². The van der Waals surface area contributed by atoms with Crippen molar-refractivity contribution in [3.63, 3.8) is 0 Å². The van der Waals surface area contributed by atoms with E-state index in [1.54, 1.807) is 10.8 Å².